The predicted octanol–water partition coefficient (Wildman–Crippen LogP) is 6.48. The molecule has 6 nitrogen and oxygen atoms in total. The Morgan fingerprint density at radius 2 is 1.76 bits per heavy atom. The Kier molecular flexibility index (Phi) is 7.08. The Labute approximate surface area is 203 Å². The Morgan fingerprint density at radius 3 is 2.32 bits per heavy atom. The third-order valence-electron chi connectivity index (χ3n) is 7.73. The van der Waals surface area contributed by atoms with Crippen molar-refractivity contribution >= 4 is 25.7 Å². The molecule has 2 aromatic heterocycles. The lowest BCUT2D eigenvalue weighted by Gasteiger charge is -2.42. The summed E-state index contributed by atoms with van der Waals surface area (Å²) in [6.45, 7) is 17.0. The van der Waals surface area contributed by atoms with Gasteiger partial charge in [0, 0.05) is 29.4 Å². The molecule has 182 valence electrons. The van der Waals surface area contributed by atoms with E-state index in [0.717, 1.165) is 11.4 Å². The number of pyridine rings is 1. The molecule has 34 heavy (non-hydrogen) atoms. The highest BCUT2D eigenvalue weighted by atomic mass is 28.4. The minimum Gasteiger partial charge on any atom is -0.541 e. The second kappa shape index (κ2) is 9.37. The lowest BCUT2D eigenvalue weighted by Crippen LogP contribution is -2.48. The van der Waals surface area contributed by atoms with Crippen molar-refractivity contribution in [2.45, 2.75) is 72.5 Å². The van der Waals surface area contributed by atoms with E-state index in [0.29, 0.717) is 28.4 Å². The molecule has 2 heterocycles. The van der Waals surface area contributed by atoms with Crippen molar-refractivity contribution in [3.63, 3.8) is 0 Å². The van der Waals surface area contributed by atoms with E-state index in [1.807, 2.05) is 36.4 Å². The number of carbonyl (C=O) groups excluding carboxylic acids is 1. The van der Waals surface area contributed by atoms with Crippen LogP contribution in [0.25, 0.3) is 5.65 Å². The molecular weight excluding hydrogens is 444 g/mol. The highest BCUT2D eigenvalue weighted by Crippen LogP contribution is 2.46. The van der Waals surface area contributed by atoms with Crippen LogP contribution in [-0.4, -0.2) is 34.6 Å². The summed E-state index contributed by atoms with van der Waals surface area (Å²) < 4.78 is 8.66. The fourth-order valence-electron chi connectivity index (χ4n) is 4.04. The number of hydrogen-bond acceptors (Lipinski definition) is 4. The van der Waals surface area contributed by atoms with Gasteiger partial charge in [0.05, 0.1) is 11.3 Å². The first-order valence-electron chi connectivity index (χ1n) is 11.8. The first kappa shape index (κ1) is 25.7. The normalized spacial score (nSPS) is 12.4. The summed E-state index contributed by atoms with van der Waals surface area (Å²) in [4.78, 5) is 30.0. The number of hydrogen-bond donors (Lipinski definition) is 1. The number of aryl methyl sites for hydroxylation is 2. The molecule has 0 aliphatic rings. The summed E-state index contributed by atoms with van der Waals surface area (Å²) in [6.07, 6.45) is 2.06. The van der Waals surface area contributed by atoms with Gasteiger partial charge in [0.15, 0.2) is 17.2 Å². The van der Waals surface area contributed by atoms with Crippen molar-refractivity contribution in [1.82, 2.24) is 9.38 Å². The minimum absolute atomic E-state index is 0.0301. The topological polar surface area (TPSA) is 80.9 Å². The predicted molar refractivity (Wildman–Crippen MR) is 138 cm³/mol. The fraction of sp³-hybridized carbons (Fsp3) is 0.444. The number of carboxylic acids is 1. The average Bonchev–Trinajstić information content (AvgIpc) is 3.06. The van der Waals surface area contributed by atoms with Gasteiger partial charge in [-0.05, 0) is 44.3 Å². The van der Waals surface area contributed by atoms with Crippen LogP contribution in [-0.2, 0) is 6.42 Å². The number of aromatic nitrogens is 2. The van der Waals surface area contributed by atoms with E-state index < -0.39 is 14.3 Å². The highest BCUT2D eigenvalue weighted by Gasteiger charge is 2.46. The molecule has 0 aliphatic carbocycles. The number of rotatable bonds is 9. The zero-order valence-corrected chi connectivity index (χ0v) is 22.5. The summed E-state index contributed by atoms with van der Waals surface area (Å²) in [6, 6.07) is 9.09. The summed E-state index contributed by atoms with van der Waals surface area (Å²) >= 11 is 0. The molecule has 0 atom stereocenters. The zero-order valence-electron chi connectivity index (χ0n) is 21.5. The number of carbonyl (C=O) groups is 2. The monoisotopic (exact) mass is 480 g/mol. The van der Waals surface area contributed by atoms with Gasteiger partial charge >= 0.3 is 5.97 Å². The van der Waals surface area contributed by atoms with Crippen LogP contribution in [0.3, 0.4) is 0 Å². The maximum atomic E-state index is 12.9. The van der Waals surface area contributed by atoms with E-state index in [4.69, 9.17) is 9.41 Å². The molecule has 3 aromatic rings. The van der Waals surface area contributed by atoms with Gasteiger partial charge in [0.2, 0.25) is 0 Å². The lowest BCUT2D eigenvalue weighted by atomic mass is 9.99. The van der Waals surface area contributed by atoms with E-state index >= 15 is 0 Å². The number of carboxylic acid groups (broad SMARTS) is 1. The zero-order chi connectivity index (χ0) is 25.4. The van der Waals surface area contributed by atoms with Crippen molar-refractivity contribution in [2.75, 3.05) is 0 Å². The van der Waals surface area contributed by atoms with Crippen molar-refractivity contribution in [3.8, 4) is 5.75 Å². The SMILES string of the molecule is Cc1nc2c(O[Si](C)(C)C(C)(C)C(C)C)c(CCC(=O)c3ccccc3)c(C(=O)O)cn2c1C. The summed E-state index contributed by atoms with van der Waals surface area (Å²) in [5.41, 5.74) is 3.61. The summed E-state index contributed by atoms with van der Waals surface area (Å²) in [7, 11) is -2.40. The van der Waals surface area contributed by atoms with Crippen molar-refractivity contribution < 1.29 is 19.1 Å². The van der Waals surface area contributed by atoms with Gasteiger partial charge in [-0.2, -0.15) is 0 Å². The molecule has 0 amide bonds. The van der Waals surface area contributed by atoms with Crippen LogP contribution < -0.4 is 4.43 Å². The second-order valence-electron chi connectivity index (χ2n) is 10.4. The van der Waals surface area contributed by atoms with E-state index in [1.54, 1.807) is 18.3 Å². The van der Waals surface area contributed by atoms with Crippen LogP contribution in [0.5, 0.6) is 5.75 Å². The van der Waals surface area contributed by atoms with Crippen molar-refractivity contribution in [2.24, 2.45) is 5.92 Å². The van der Waals surface area contributed by atoms with Gasteiger partial charge in [-0.3, -0.25) is 4.79 Å². The summed E-state index contributed by atoms with van der Waals surface area (Å²) in [5.74, 6) is -0.193. The smallest absolute Gasteiger partial charge is 0.337 e. The van der Waals surface area contributed by atoms with Crippen LogP contribution in [0.15, 0.2) is 36.5 Å². The molecule has 0 saturated heterocycles. The van der Waals surface area contributed by atoms with Gasteiger partial charge in [-0.1, -0.05) is 58.0 Å². The number of aromatic carboxylic acids is 1. The van der Waals surface area contributed by atoms with Crippen LogP contribution >= 0.6 is 0 Å². The quantitative estimate of drug-likeness (QED) is 0.280. The number of ketones is 1. The highest BCUT2D eigenvalue weighted by molar-refractivity contribution is 6.75. The van der Waals surface area contributed by atoms with Gasteiger partial charge in [0.25, 0.3) is 8.32 Å². The Morgan fingerprint density at radius 1 is 1.15 bits per heavy atom. The third-order valence-corrected chi connectivity index (χ3v) is 12.1. The Balaban J connectivity index is 2.18. The number of Topliss-reactive ketones (excluding diaryl/α,β-unsaturated/α-hetero) is 1. The van der Waals surface area contributed by atoms with Gasteiger partial charge in [0.1, 0.15) is 0 Å². The Bertz CT molecular complexity index is 1230. The molecule has 0 saturated carbocycles. The molecule has 1 N–H and O–H groups in total. The van der Waals surface area contributed by atoms with Crippen LogP contribution in [0.1, 0.15) is 71.8 Å². The minimum atomic E-state index is -2.40. The molecular formula is C27H36N2O4Si. The second-order valence-corrected chi connectivity index (χ2v) is 14.9. The van der Waals surface area contributed by atoms with E-state index in [9.17, 15) is 14.7 Å². The molecule has 0 bridgehead atoms. The molecule has 3 rings (SSSR count). The maximum Gasteiger partial charge on any atom is 0.337 e. The van der Waals surface area contributed by atoms with Crippen LogP contribution in [0.2, 0.25) is 18.1 Å². The number of fused-ring (bicyclic) bond motifs is 1. The number of nitrogens with zero attached hydrogens (tertiary/aromatic N) is 2. The fourth-order valence-corrected chi connectivity index (χ4v) is 6.42. The molecule has 0 unspecified atom stereocenters. The van der Waals surface area contributed by atoms with E-state index in [-0.39, 0.29) is 29.2 Å². The molecule has 0 fully saturated rings. The van der Waals surface area contributed by atoms with Gasteiger partial charge < -0.3 is 13.9 Å². The van der Waals surface area contributed by atoms with E-state index in [2.05, 4.69) is 40.8 Å². The maximum absolute atomic E-state index is 12.9. The molecule has 0 aliphatic heterocycles. The average molecular weight is 481 g/mol. The first-order chi connectivity index (χ1) is 15.8. The largest absolute Gasteiger partial charge is 0.541 e. The van der Waals surface area contributed by atoms with Crippen LogP contribution in [0.4, 0.5) is 0 Å². The Hall–Kier alpha value is -2.93. The van der Waals surface area contributed by atoms with Crippen molar-refractivity contribution in [1.29, 1.82) is 0 Å². The van der Waals surface area contributed by atoms with Gasteiger partial charge in [-0.15, -0.1) is 0 Å². The summed E-state index contributed by atoms with van der Waals surface area (Å²) in [5, 5.41) is 10.0. The standard InChI is InChI=1S/C27H36N2O4Si/c1-17(2)27(5,6)34(7,8)33-24-21(14-15-23(30)20-12-10-9-11-13-20)22(26(31)32)16-29-19(4)18(3)28-25(24)29/h9-13,16-17H,14-15H2,1-8H3,(H,31,32). The van der Waals surface area contributed by atoms with Gasteiger partial charge in [-0.25, -0.2) is 9.78 Å². The van der Waals surface area contributed by atoms with E-state index in [1.165, 1.54) is 0 Å². The molecule has 7 heteroatoms. The molecule has 1 aromatic carbocycles. The number of benzene rings is 1. The lowest BCUT2D eigenvalue weighted by molar-refractivity contribution is 0.0693. The molecule has 0 radical (unpaired) electrons. The third kappa shape index (κ3) is 4.66. The first-order valence-corrected chi connectivity index (χ1v) is 14.7. The van der Waals surface area contributed by atoms with Crippen molar-refractivity contribution in [3.05, 3.63) is 64.6 Å². The van der Waals surface area contributed by atoms with Crippen LogP contribution in [0, 0.1) is 19.8 Å². The number of imidazole rings is 1. The molecule has 0 spiro atoms.